The van der Waals surface area contributed by atoms with Crippen LogP contribution >= 0.6 is 22.9 Å². The van der Waals surface area contributed by atoms with Gasteiger partial charge in [0.05, 0.1) is 23.2 Å². The SMILES string of the molecule is CCOC(=O)c1cc(CC)sc1Nc1nc2ccccc2nc1NCCc1ccc(Cl)cc1. The molecule has 2 aromatic heterocycles. The van der Waals surface area contributed by atoms with Crippen molar-refractivity contribution in [1.29, 1.82) is 0 Å². The monoisotopic (exact) mass is 480 g/mol. The van der Waals surface area contributed by atoms with Crippen LogP contribution in [0.15, 0.2) is 54.6 Å². The van der Waals surface area contributed by atoms with Crippen LogP contribution < -0.4 is 10.6 Å². The molecule has 0 unspecified atom stereocenters. The molecule has 4 rings (SSSR count). The molecule has 4 aromatic rings. The molecule has 2 aromatic carbocycles. The van der Waals surface area contributed by atoms with Gasteiger partial charge in [0.2, 0.25) is 0 Å². The van der Waals surface area contributed by atoms with Crippen LogP contribution in [0.1, 0.15) is 34.6 Å². The highest BCUT2D eigenvalue weighted by atomic mass is 35.5. The molecule has 0 radical (unpaired) electrons. The van der Waals surface area contributed by atoms with E-state index in [1.165, 1.54) is 16.9 Å². The average Bonchev–Trinajstić information content (AvgIpc) is 3.24. The van der Waals surface area contributed by atoms with Crippen molar-refractivity contribution in [3.8, 4) is 0 Å². The van der Waals surface area contributed by atoms with Crippen molar-refractivity contribution < 1.29 is 9.53 Å². The number of thiophene rings is 1. The van der Waals surface area contributed by atoms with Gasteiger partial charge in [-0.15, -0.1) is 11.3 Å². The first-order valence-corrected chi connectivity index (χ1v) is 12.1. The van der Waals surface area contributed by atoms with Gasteiger partial charge in [-0.3, -0.25) is 0 Å². The van der Waals surface area contributed by atoms with E-state index in [0.717, 1.165) is 33.8 Å². The number of hydrogen-bond acceptors (Lipinski definition) is 7. The Hall–Kier alpha value is -3.16. The number of aryl methyl sites for hydroxylation is 1. The minimum Gasteiger partial charge on any atom is -0.462 e. The zero-order valence-corrected chi connectivity index (χ0v) is 20.1. The molecule has 0 aliphatic carbocycles. The number of hydrogen-bond donors (Lipinski definition) is 2. The molecule has 0 atom stereocenters. The average molecular weight is 481 g/mol. The zero-order valence-electron chi connectivity index (χ0n) is 18.5. The zero-order chi connectivity index (χ0) is 23.2. The van der Waals surface area contributed by atoms with Crippen LogP contribution in [0, 0.1) is 0 Å². The van der Waals surface area contributed by atoms with E-state index in [1.807, 2.05) is 54.6 Å². The van der Waals surface area contributed by atoms with Crippen molar-refractivity contribution in [2.24, 2.45) is 0 Å². The fraction of sp³-hybridized carbons (Fsp3) is 0.240. The third-order valence-corrected chi connectivity index (χ3v) is 6.50. The lowest BCUT2D eigenvalue weighted by molar-refractivity contribution is 0.0528. The number of esters is 1. The maximum Gasteiger partial charge on any atom is 0.341 e. The number of aromatic nitrogens is 2. The third kappa shape index (κ3) is 5.61. The molecule has 2 N–H and O–H groups in total. The van der Waals surface area contributed by atoms with Crippen molar-refractivity contribution in [1.82, 2.24) is 9.97 Å². The fourth-order valence-corrected chi connectivity index (χ4v) is 4.47. The molecule has 8 heteroatoms. The molecule has 0 aliphatic rings. The van der Waals surface area contributed by atoms with Gasteiger partial charge in [-0.25, -0.2) is 14.8 Å². The van der Waals surface area contributed by atoms with Crippen molar-refractivity contribution >= 4 is 56.6 Å². The van der Waals surface area contributed by atoms with Crippen LogP contribution in [-0.4, -0.2) is 29.1 Å². The topological polar surface area (TPSA) is 76.1 Å². The van der Waals surface area contributed by atoms with Gasteiger partial charge < -0.3 is 15.4 Å². The van der Waals surface area contributed by atoms with Crippen molar-refractivity contribution in [3.63, 3.8) is 0 Å². The smallest absolute Gasteiger partial charge is 0.341 e. The normalized spacial score (nSPS) is 10.9. The molecule has 0 saturated carbocycles. The van der Waals surface area contributed by atoms with E-state index < -0.39 is 0 Å². The summed E-state index contributed by atoms with van der Waals surface area (Å²) in [6.45, 7) is 4.85. The molecule has 0 aliphatic heterocycles. The molecular formula is C25H25ClN4O2S. The predicted octanol–water partition coefficient (Wildman–Crippen LogP) is 6.48. The van der Waals surface area contributed by atoms with Crippen molar-refractivity contribution in [2.45, 2.75) is 26.7 Å². The Kier molecular flexibility index (Phi) is 7.42. The van der Waals surface area contributed by atoms with E-state index in [-0.39, 0.29) is 5.97 Å². The van der Waals surface area contributed by atoms with Crippen LogP contribution in [0.2, 0.25) is 5.02 Å². The summed E-state index contributed by atoms with van der Waals surface area (Å²) in [4.78, 5) is 23.2. The number of carbonyl (C=O) groups excluding carboxylic acids is 1. The minimum absolute atomic E-state index is 0.322. The van der Waals surface area contributed by atoms with E-state index in [2.05, 4.69) is 17.6 Å². The van der Waals surface area contributed by atoms with E-state index in [4.69, 9.17) is 26.3 Å². The van der Waals surface area contributed by atoms with Crippen LogP contribution in [0.3, 0.4) is 0 Å². The van der Waals surface area contributed by atoms with Crippen LogP contribution in [0.4, 0.5) is 16.6 Å². The van der Waals surface area contributed by atoms with E-state index in [0.29, 0.717) is 35.4 Å². The van der Waals surface area contributed by atoms with Gasteiger partial charge in [-0.05, 0) is 55.7 Å². The predicted molar refractivity (Wildman–Crippen MR) is 136 cm³/mol. The molecule has 0 fully saturated rings. The van der Waals surface area contributed by atoms with Gasteiger partial charge in [0.25, 0.3) is 0 Å². The summed E-state index contributed by atoms with van der Waals surface area (Å²) in [7, 11) is 0. The number of rotatable bonds is 9. The van der Waals surface area contributed by atoms with Crippen molar-refractivity contribution in [2.75, 3.05) is 23.8 Å². The Morgan fingerprint density at radius 2 is 1.73 bits per heavy atom. The van der Waals surface area contributed by atoms with Crippen LogP contribution in [-0.2, 0) is 17.6 Å². The second kappa shape index (κ2) is 10.6. The quantitative estimate of drug-likeness (QED) is 0.267. The van der Waals surface area contributed by atoms with Gasteiger partial charge in [0.1, 0.15) is 5.00 Å². The number of anilines is 3. The molecule has 0 spiro atoms. The number of halogens is 1. The third-order valence-electron chi connectivity index (χ3n) is 5.05. The van der Waals surface area contributed by atoms with Gasteiger partial charge in [-0.1, -0.05) is 42.8 Å². The Morgan fingerprint density at radius 1 is 1.03 bits per heavy atom. The van der Waals surface area contributed by atoms with Gasteiger partial charge in [-0.2, -0.15) is 0 Å². The summed E-state index contributed by atoms with van der Waals surface area (Å²) in [5.41, 5.74) is 3.25. The summed E-state index contributed by atoms with van der Waals surface area (Å²) in [6.07, 6.45) is 1.63. The van der Waals surface area contributed by atoms with Gasteiger partial charge in [0.15, 0.2) is 11.6 Å². The Balaban J connectivity index is 1.63. The van der Waals surface area contributed by atoms with E-state index >= 15 is 0 Å². The molecule has 0 saturated heterocycles. The highest BCUT2D eigenvalue weighted by Crippen LogP contribution is 2.34. The summed E-state index contributed by atoms with van der Waals surface area (Å²) in [6, 6.07) is 17.4. The first-order chi connectivity index (χ1) is 16.1. The molecule has 33 heavy (non-hydrogen) atoms. The molecule has 170 valence electrons. The highest BCUT2D eigenvalue weighted by Gasteiger charge is 2.19. The second-order valence-corrected chi connectivity index (χ2v) is 8.94. The van der Waals surface area contributed by atoms with Crippen LogP contribution in [0.25, 0.3) is 11.0 Å². The maximum absolute atomic E-state index is 12.5. The number of nitrogens with zero attached hydrogens (tertiary/aromatic N) is 2. The lowest BCUT2D eigenvalue weighted by atomic mass is 10.1. The van der Waals surface area contributed by atoms with Gasteiger partial charge in [0, 0.05) is 16.4 Å². The molecule has 0 amide bonds. The summed E-state index contributed by atoms with van der Waals surface area (Å²) in [5.74, 6) is 0.853. The molecular weight excluding hydrogens is 456 g/mol. The summed E-state index contributed by atoms with van der Waals surface area (Å²) < 4.78 is 5.25. The molecule has 0 bridgehead atoms. The molecule has 2 heterocycles. The fourth-order valence-electron chi connectivity index (χ4n) is 3.36. The van der Waals surface area contributed by atoms with E-state index in [9.17, 15) is 4.79 Å². The number of ether oxygens (including phenoxy) is 1. The number of nitrogens with one attached hydrogen (secondary N) is 2. The summed E-state index contributed by atoms with van der Waals surface area (Å²) >= 11 is 7.51. The summed E-state index contributed by atoms with van der Waals surface area (Å²) in [5, 5.41) is 8.18. The minimum atomic E-state index is -0.345. The largest absolute Gasteiger partial charge is 0.462 e. The number of benzene rings is 2. The second-order valence-electron chi connectivity index (χ2n) is 7.37. The lowest BCUT2D eigenvalue weighted by Gasteiger charge is -2.13. The first kappa shape index (κ1) is 23.0. The van der Waals surface area contributed by atoms with Gasteiger partial charge >= 0.3 is 5.97 Å². The van der Waals surface area contributed by atoms with Crippen molar-refractivity contribution in [3.05, 3.63) is 75.6 Å². The Labute approximate surface area is 202 Å². The Bertz CT molecular complexity index is 1260. The maximum atomic E-state index is 12.5. The number of carbonyl (C=O) groups is 1. The van der Waals surface area contributed by atoms with E-state index in [1.54, 1.807) is 6.92 Å². The lowest BCUT2D eigenvalue weighted by Crippen LogP contribution is -2.11. The first-order valence-electron chi connectivity index (χ1n) is 10.9. The highest BCUT2D eigenvalue weighted by molar-refractivity contribution is 7.16. The van der Waals surface area contributed by atoms with Crippen LogP contribution in [0.5, 0.6) is 0 Å². The molecule has 6 nitrogen and oxygen atoms in total. The standard InChI is InChI=1S/C25H25ClN4O2S/c1-3-18-15-19(25(31)32-4-2)24(33-18)30-23-22(28-20-7-5-6-8-21(20)29-23)27-14-13-16-9-11-17(26)12-10-16/h5-12,15H,3-4,13-14H2,1-2H3,(H,27,28)(H,29,30). The Morgan fingerprint density at radius 3 is 2.39 bits per heavy atom. The number of para-hydroxylation sites is 2. The number of fused-ring (bicyclic) bond motifs is 1.